The minimum Gasteiger partial charge on any atom is -0.481 e. The highest BCUT2D eigenvalue weighted by Crippen LogP contribution is 2.38. The number of hydrogen-bond acceptors (Lipinski definition) is 8. The van der Waals surface area contributed by atoms with Gasteiger partial charge in [0.2, 0.25) is 5.95 Å². The maximum atomic E-state index is 12.5. The average molecular weight is 471 g/mol. The van der Waals surface area contributed by atoms with Crippen LogP contribution in [0.4, 0.5) is 17.5 Å². The van der Waals surface area contributed by atoms with Gasteiger partial charge in [-0.25, -0.2) is 9.78 Å². The van der Waals surface area contributed by atoms with Crippen molar-refractivity contribution in [2.24, 2.45) is 0 Å². The second kappa shape index (κ2) is 10.8. The van der Waals surface area contributed by atoms with Crippen molar-refractivity contribution < 1.29 is 24.6 Å². The lowest BCUT2D eigenvalue weighted by Crippen LogP contribution is -2.41. The molecule has 0 radical (unpaired) electrons. The number of carbonyl (C=O) groups excluding carboxylic acids is 1. The molecular weight excluding hydrogens is 440 g/mol. The molecule has 1 heterocycles. The van der Waals surface area contributed by atoms with Crippen molar-refractivity contribution in [3.63, 3.8) is 0 Å². The van der Waals surface area contributed by atoms with Crippen molar-refractivity contribution in [2.45, 2.75) is 51.0 Å². The van der Waals surface area contributed by atoms with Gasteiger partial charge in [0.05, 0.1) is 5.69 Å². The Balaban J connectivity index is 1.61. The Hall–Kier alpha value is -3.89. The van der Waals surface area contributed by atoms with Crippen molar-refractivity contribution in [2.75, 3.05) is 29.5 Å². The van der Waals surface area contributed by atoms with E-state index in [0.29, 0.717) is 11.4 Å². The zero-order valence-electron chi connectivity index (χ0n) is 19.0. The van der Waals surface area contributed by atoms with E-state index >= 15 is 0 Å². The lowest BCUT2D eigenvalue weighted by Gasteiger charge is -2.25. The van der Waals surface area contributed by atoms with Crippen molar-refractivity contribution >= 4 is 35.3 Å². The molecule has 2 atom stereocenters. The Bertz CT molecular complexity index is 1060. The number of hydrogen-bond donors (Lipinski definition) is 5. The van der Waals surface area contributed by atoms with Crippen LogP contribution in [0.25, 0.3) is 0 Å². The second-order valence-electron chi connectivity index (χ2n) is 8.27. The Morgan fingerprint density at radius 1 is 1.18 bits per heavy atom. The summed E-state index contributed by atoms with van der Waals surface area (Å²) in [4.78, 5) is 45.1. The number of aliphatic carboxylic acids is 2. The Labute approximate surface area is 197 Å². The largest absolute Gasteiger partial charge is 0.481 e. The minimum atomic E-state index is -1.27. The van der Waals surface area contributed by atoms with E-state index < -0.39 is 23.9 Å². The summed E-state index contributed by atoms with van der Waals surface area (Å²) >= 11 is 0. The number of nitrogens with zero attached hydrogens (tertiary/aromatic N) is 3. The number of nitrogens with two attached hydrogens (primary N) is 2. The fourth-order valence-electron chi connectivity index (χ4n) is 4.31. The maximum absolute atomic E-state index is 12.5. The number of aryl methyl sites for hydroxylation is 1. The molecule has 0 spiro atoms. The van der Waals surface area contributed by atoms with Gasteiger partial charge in [-0.3, -0.25) is 9.59 Å². The lowest BCUT2D eigenvalue weighted by atomic mass is 9.98. The predicted octanol–water partition coefficient (Wildman–Crippen LogP) is 1.64. The standard InChI is InChI=1S/C23H30N6O5/c1-2-29(12-11-13-5-8-16-19(13)20(24)28-23(25)27-16)15-6-3-14(4-7-15)21(32)26-17(22(33)34)9-10-18(30)31/h3-4,6-7,13,17H,2,5,8-12H2,1H3,(H,26,32)(H,30,31)(H,33,34)(H4,24,25,27,28)/t13?,17-/m0/s1. The quantitative estimate of drug-likeness (QED) is 0.323. The molecule has 0 bridgehead atoms. The van der Waals surface area contributed by atoms with Crippen LogP contribution < -0.4 is 21.7 Å². The van der Waals surface area contributed by atoms with E-state index in [-0.39, 0.29) is 24.7 Å². The third-order valence-corrected chi connectivity index (χ3v) is 6.08. The first-order valence-electron chi connectivity index (χ1n) is 11.2. The Morgan fingerprint density at radius 2 is 1.88 bits per heavy atom. The second-order valence-corrected chi connectivity index (χ2v) is 8.27. The van der Waals surface area contributed by atoms with Crippen LogP contribution in [0.1, 0.15) is 60.1 Å². The summed E-state index contributed by atoms with van der Waals surface area (Å²) in [6, 6.07) is 5.61. The van der Waals surface area contributed by atoms with Crippen LogP contribution in [-0.2, 0) is 16.0 Å². The molecule has 1 aliphatic rings. The van der Waals surface area contributed by atoms with Gasteiger partial charge in [0.1, 0.15) is 11.9 Å². The van der Waals surface area contributed by atoms with E-state index in [1.165, 1.54) is 0 Å². The highest BCUT2D eigenvalue weighted by Gasteiger charge is 2.28. The molecule has 1 aromatic heterocycles. The van der Waals surface area contributed by atoms with Crippen molar-refractivity contribution in [1.29, 1.82) is 0 Å². The first kappa shape index (κ1) is 24.7. The molecule has 182 valence electrons. The van der Waals surface area contributed by atoms with Gasteiger partial charge in [-0.2, -0.15) is 4.98 Å². The SMILES string of the molecule is CCN(CCC1CCc2nc(N)nc(N)c21)c1ccc(C(=O)N[C@@H](CCC(=O)O)C(=O)O)cc1. The zero-order valence-corrected chi connectivity index (χ0v) is 19.0. The number of nitrogens with one attached hydrogen (secondary N) is 1. The Morgan fingerprint density at radius 3 is 2.50 bits per heavy atom. The van der Waals surface area contributed by atoms with Crippen LogP contribution in [-0.4, -0.2) is 57.2 Å². The number of anilines is 3. The van der Waals surface area contributed by atoms with E-state index in [4.69, 9.17) is 16.6 Å². The predicted molar refractivity (Wildman–Crippen MR) is 127 cm³/mol. The summed E-state index contributed by atoms with van der Waals surface area (Å²) in [6.07, 6.45) is 2.10. The lowest BCUT2D eigenvalue weighted by molar-refractivity contribution is -0.140. The van der Waals surface area contributed by atoms with Crippen LogP contribution in [0.5, 0.6) is 0 Å². The number of carboxylic acids is 2. The molecular formula is C23H30N6O5. The summed E-state index contributed by atoms with van der Waals surface area (Å²) in [7, 11) is 0. The summed E-state index contributed by atoms with van der Waals surface area (Å²) in [5, 5.41) is 20.4. The fraction of sp³-hybridized carbons (Fsp3) is 0.435. The fourth-order valence-corrected chi connectivity index (χ4v) is 4.31. The van der Waals surface area contributed by atoms with Crippen molar-refractivity contribution in [1.82, 2.24) is 15.3 Å². The molecule has 0 aliphatic heterocycles. The van der Waals surface area contributed by atoms with Gasteiger partial charge in [-0.15, -0.1) is 0 Å². The number of aromatic nitrogens is 2. The van der Waals surface area contributed by atoms with Gasteiger partial charge in [-0.05, 0) is 62.8 Å². The van der Waals surface area contributed by atoms with Gasteiger partial charge in [-0.1, -0.05) is 0 Å². The molecule has 7 N–H and O–H groups in total. The average Bonchev–Trinajstić information content (AvgIpc) is 3.20. The molecule has 1 amide bonds. The van der Waals surface area contributed by atoms with Gasteiger partial charge in [0, 0.05) is 36.3 Å². The van der Waals surface area contributed by atoms with Crippen molar-refractivity contribution in [3.05, 3.63) is 41.1 Å². The van der Waals surface area contributed by atoms with Crippen LogP contribution in [0.15, 0.2) is 24.3 Å². The van der Waals surface area contributed by atoms with Crippen LogP contribution in [0, 0.1) is 0 Å². The number of rotatable bonds is 11. The molecule has 3 rings (SSSR count). The number of carbonyl (C=O) groups is 3. The summed E-state index contributed by atoms with van der Waals surface area (Å²) < 4.78 is 0. The molecule has 11 nitrogen and oxygen atoms in total. The topological polar surface area (TPSA) is 185 Å². The number of fused-ring (bicyclic) bond motifs is 1. The molecule has 0 saturated heterocycles. The minimum absolute atomic E-state index is 0.190. The number of carboxylic acid groups (broad SMARTS) is 2. The first-order valence-corrected chi connectivity index (χ1v) is 11.2. The van der Waals surface area contributed by atoms with E-state index in [1.54, 1.807) is 12.1 Å². The number of benzene rings is 1. The highest BCUT2D eigenvalue weighted by atomic mass is 16.4. The van der Waals surface area contributed by atoms with Gasteiger partial charge < -0.3 is 31.9 Å². The third kappa shape index (κ3) is 5.91. The van der Waals surface area contributed by atoms with Crippen LogP contribution in [0.3, 0.4) is 0 Å². The summed E-state index contributed by atoms with van der Waals surface area (Å²) in [5.41, 5.74) is 15.0. The number of nitrogen functional groups attached to an aromatic ring is 2. The van der Waals surface area contributed by atoms with Crippen molar-refractivity contribution in [3.8, 4) is 0 Å². The molecule has 2 aromatic rings. The van der Waals surface area contributed by atoms with Gasteiger partial charge >= 0.3 is 11.9 Å². The molecule has 11 heteroatoms. The maximum Gasteiger partial charge on any atom is 0.326 e. The highest BCUT2D eigenvalue weighted by molar-refractivity contribution is 5.97. The number of amides is 1. The van der Waals surface area contributed by atoms with Gasteiger partial charge in [0.25, 0.3) is 5.91 Å². The van der Waals surface area contributed by atoms with Gasteiger partial charge in [0.15, 0.2) is 0 Å². The normalized spacial score (nSPS) is 15.4. The molecule has 0 saturated carbocycles. The van der Waals surface area contributed by atoms with Crippen LogP contribution in [0.2, 0.25) is 0 Å². The third-order valence-electron chi connectivity index (χ3n) is 6.08. The van der Waals surface area contributed by atoms with E-state index in [0.717, 1.165) is 49.3 Å². The molecule has 1 unspecified atom stereocenters. The van der Waals surface area contributed by atoms with Crippen LogP contribution >= 0.6 is 0 Å². The smallest absolute Gasteiger partial charge is 0.326 e. The summed E-state index contributed by atoms with van der Waals surface area (Å²) in [5.74, 6) is -2.05. The molecule has 0 fully saturated rings. The molecule has 1 aromatic carbocycles. The first-order chi connectivity index (χ1) is 16.2. The monoisotopic (exact) mass is 470 g/mol. The molecule has 34 heavy (non-hydrogen) atoms. The summed E-state index contributed by atoms with van der Waals surface area (Å²) in [6.45, 7) is 3.57. The zero-order chi connectivity index (χ0) is 24.8. The van der Waals surface area contributed by atoms with E-state index in [2.05, 4.69) is 20.2 Å². The Kier molecular flexibility index (Phi) is 7.87. The van der Waals surface area contributed by atoms with E-state index in [9.17, 15) is 19.5 Å². The van der Waals surface area contributed by atoms with E-state index in [1.807, 2.05) is 19.1 Å². The molecule has 1 aliphatic carbocycles.